The molecule has 0 bridgehead atoms. The molecule has 4 heteroatoms. The number of hydrazine groups is 1. The zero-order chi connectivity index (χ0) is 7.56. The van der Waals surface area contributed by atoms with E-state index in [1.54, 1.807) is 0 Å². The molecule has 10 heavy (non-hydrogen) atoms. The van der Waals surface area contributed by atoms with E-state index in [4.69, 9.17) is 5.84 Å². The maximum atomic E-state index is 10.7. The topological polar surface area (TPSA) is 58.4 Å². The second-order valence-electron chi connectivity index (χ2n) is 2.57. The number of carbonyl (C=O) groups excluding carboxylic acids is 1. The van der Waals surface area contributed by atoms with Crippen LogP contribution in [0.25, 0.3) is 0 Å². The van der Waals surface area contributed by atoms with Gasteiger partial charge in [-0.1, -0.05) is 0 Å². The number of nitrogens with one attached hydrogen (secondary N) is 1. The van der Waals surface area contributed by atoms with E-state index in [1.165, 1.54) is 11.9 Å². The maximum Gasteiger partial charge on any atom is 0.233 e. The summed E-state index contributed by atoms with van der Waals surface area (Å²) in [4.78, 5) is 10.7. The molecule has 1 amide bonds. The molecular weight excluding hydrogens is 130 g/mol. The van der Waals surface area contributed by atoms with Gasteiger partial charge in [0.1, 0.15) is 0 Å². The van der Waals surface area contributed by atoms with Gasteiger partial charge in [0, 0.05) is 13.5 Å². The summed E-state index contributed by atoms with van der Waals surface area (Å²) in [7, 11) is 0. The minimum atomic E-state index is -0.0614. The Morgan fingerprint density at radius 2 is 2.50 bits per heavy atom. The number of amides is 1. The van der Waals surface area contributed by atoms with Crippen molar-refractivity contribution in [3.05, 3.63) is 0 Å². The van der Waals surface area contributed by atoms with Crippen LogP contribution in [-0.4, -0.2) is 30.0 Å². The van der Waals surface area contributed by atoms with Crippen molar-refractivity contribution in [2.45, 2.75) is 19.4 Å². The fourth-order valence-corrected chi connectivity index (χ4v) is 1.13. The summed E-state index contributed by atoms with van der Waals surface area (Å²) < 4.78 is 0. The van der Waals surface area contributed by atoms with Crippen LogP contribution in [0.4, 0.5) is 0 Å². The van der Waals surface area contributed by atoms with E-state index < -0.39 is 0 Å². The molecule has 1 rings (SSSR count). The first-order chi connectivity index (χ1) is 4.72. The molecule has 1 saturated heterocycles. The molecule has 0 saturated carbocycles. The lowest BCUT2D eigenvalue weighted by Crippen LogP contribution is -2.45. The van der Waals surface area contributed by atoms with Crippen LogP contribution < -0.4 is 11.2 Å². The molecule has 0 radical (unpaired) electrons. The molecule has 1 atom stereocenters. The van der Waals surface area contributed by atoms with E-state index in [2.05, 4.69) is 5.32 Å². The first-order valence-electron chi connectivity index (χ1n) is 3.47. The van der Waals surface area contributed by atoms with E-state index in [0.717, 1.165) is 19.5 Å². The monoisotopic (exact) mass is 143 g/mol. The third-order valence-corrected chi connectivity index (χ3v) is 1.79. The maximum absolute atomic E-state index is 10.7. The van der Waals surface area contributed by atoms with Gasteiger partial charge in [-0.15, -0.1) is 0 Å². The molecule has 0 aliphatic carbocycles. The number of carbonyl (C=O) groups is 1. The molecule has 1 unspecified atom stereocenters. The largest absolute Gasteiger partial charge is 0.315 e. The van der Waals surface area contributed by atoms with Gasteiger partial charge in [-0.2, -0.15) is 0 Å². The Labute approximate surface area is 60.3 Å². The van der Waals surface area contributed by atoms with E-state index >= 15 is 0 Å². The standard InChI is InChI=1S/C6H13N3O/c1-5(10)9(7)6-2-3-8-4-6/h6,8H,2-4,7H2,1H3. The van der Waals surface area contributed by atoms with Gasteiger partial charge in [-0.25, -0.2) is 5.84 Å². The molecule has 0 spiro atoms. The fourth-order valence-electron chi connectivity index (χ4n) is 1.13. The number of hydrogen-bond donors (Lipinski definition) is 2. The molecule has 3 N–H and O–H groups in total. The summed E-state index contributed by atoms with van der Waals surface area (Å²) in [6.07, 6.45) is 0.968. The molecule has 4 nitrogen and oxygen atoms in total. The predicted molar refractivity (Wildman–Crippen MR) is 38.0 cm³/mol. The van der Waals surface area contributed by atoms with Gasteiger partial charge in [-0.05, 0) is 13.0 Å². The van der Waals surface area contributed by atoms with Crippen molar-refractivity contribution in [2.75, 3.05) is 13.1 Å². The van der Waals surface area contributed by atoms with E-state index in [1.807, 2.05) is 0 Å². The fraction of sp³-hybridized carbons (Fsp3) is 0.833. The Balaban J connectivity index is 2.39. The number of nitrogens with zero attached hydrogens (tertiary/aromatic N) is 1. The summed E-state index contributed by atoms with van der Waals surface area (Å²) in [5.41, 5.74) is 0. The van der Waals surface area contributed by atoms with E-state index in [9.17, 15) is 4.79 Å². The van der Waals surface area contributed by atoms with Crippen LogP contribution in [0.15, 0.2) is 0 Å². The minimum Gasteiger partial charge on any atom is -0.315 e. The predicted octanol–water partition coefficient (Wildman–Crippen LogP) is -0.929. The van der Waals surface area contributed by atoms with E-state index in [0.29, 0.717) is 0 Å². The molecule has 1 heterocycles. The SMILES string of the molecule is CC(=O)N(N)C1CCNC1. The number of hydrogen-bond acceptors (Lipinski definition) is 3. The van der Waals surface area contributed by atoms with Gasteiger partial charge in [0.2, 0.25) is 5.91 Å². The van der Waals surface area contributed by atoms with Crippen molar-refractivity contribution >= 4 is 5.91 Å². The van der Waals surface area contributed by atoms with Crippen LogP contribution in [0.3, 0.4) is 0 Å². The van der Waals surface area contributed by atoms with Crippen molar-refractivity contribution in [1.29, 1.82) is 0 Å². The molecule has 0 aromatic carbocycles. The average molecular weight is 143 g/mol. The van der Waals surface area contributed by atoms with Gasteiger partial charge >= 0.3 is 0 Å². The van der Waals surface area contributed by atoms with Crippen molar-refractivity contribution in [2.24, 2.45) is 5.84 Å². The zero-order valence-corrected chi connectivity index (χ0v) is 6.13. The molecule has 0 aromatic rings. The van der Waals surface area contributed by atoms with Crippen molar-refractivity contribution in [1.82, 2.24) is 10.3 Å². The van der Waals surface area contributed by atoms with Gasteiger partial charge in [0.15, 0.2) is 0 Å². The van der Waals surface area contributed by atoms with Crippen LogP contribution in [0, 0.1) is 0 Å². The second-order valence-corrected chi connectivity index (χ2v) is 2.57. The first-order valence-corrected chi connectivity index (χ1v) is 3.47. The summed E-state index contributed by atoms with van der Waals surface area (Å²) in [5, 5.41) is 4.44. The lowest BCUT2D eigenvalue weighted by atomic mass is 10.2. The highest BCUT2D eigenvalue weighted by atomic mass is 16.2. The number of rotatable bonds is 1. The summed E-state index contributed by atoms with van der Waals surface area (Å²) in [5.74, 6) is 5.40. The van der Waals surface area contributed by atoms with Gasteiger partial charge in [0.25, 0.3) is 0 Å². The Morgan fingerprint density at radius 1 is 1.80 bits per heavy atom. The van der Waals surface area contributed by atoms with E-state index in [-0.39, 0.29) is 11.9 Å². The Hall–Kier alpha value is -0.610. The van der Waals surface area contributed by atoms with Crippen LogP contribution >= 0.6 is 0 Å². The van der Waals surface area contributed by atoms with Crippen molar-refractivity contribution in [3.8, 4) is 0 Å². The third-order valence-electron chi connectivity index (χ3n) is 1.79. The lowest BCUT2D eigenvalue weighted by molar-refractivity contribution is -0.131. The van der Waals surface area contributed by atoms with Crippen molar-refractivity contribution in [3.63, 3.8) is 0 Å². The summed E-state index contributed by atoms with van der Waals surface area (Å²) in [6.45, 7) is 3.28. The Morgan fingerprint density at radius 3 is 2.90 bits per heavy atom. The molecular formula is C6H13N3O. The Kier molecular flexibility index (Phi) is 2.24. The highest BCUT2D eigenvalue weighted by Gasteiger charge is 2.21. The van der Waals surface area contributed by atoms with Gasteiger partial charge in [-0.3, -0.25) is 9.80 Å². The van der Waals surface area contributed by atoms with Crippen LogP contribution in [0.1, 0.15) is 13.3 Å². The van der Waals surface area contributed by atoms with Crippen LogP contribution in [0.5, 0.6) is 0 Å². The van der Waals surface area contributed by atoms with Gasteiger partial charge in [0.05, 0.1) is 6.04 Å². The number of nitrogens with two attached hydrogens (primary N) is 1. The normalized spacial score (nSPS) is 24.8. The molecule has 1 fully saturated rings. The molecule has 58 valence electrons. The molecule has 0 aromatic heterocycles. The zero-order valence-electron chi connectivity index (χ0n) is 6.13. The van der Waals surface area contributed by atoms with Crippen LogP contribution in [-0.2, 0) is 4.79 Å². The summed E-state index contributed by atoms with van der Waals surface area (Å²) in [6, 6.07) is 0.206. The second kappa shape index (κ2) is 2.98. The smallest absolute Gasteiger partial charge is 0.233 e. The highest BCUT2D eigenvalue weighted by molar-refractivity contribution is 5.72. The molecule has 1 aliphatic rings. The first kappa shape index (κ1) is 7.50. The van der Waals surface area contributed by atoms with Gasteiger partial charge < -0.3 is 5.32 Å². The minimum absolute atomic E-state index is 0.0614. The average Bonchev–Trinajstić information content (AvgIpc) is 2.36. The Bertz CT molecular complexity index is 131. The summed E-state index contributed by atoms with van der Waals surface area (Å²) >= 11 is 0. The van der Waals surface area contributed by atoms with Crippen molar-refractivity contribution < 1.29 is 4.79 Å². The lowest BCUT2D eigenvalue weighted by Gasteiger charge is -2.20. The van der Waals surface area contributed by atoms with Crippen LogP contribution in [0.2, 0.25) is 0 Å². The molecule has 1 aliphatic heterocycles. The third kappa shape index (κ3) is 1.46. The highest BCUT2D eigenvalue weighted by Crippen LogP contribution is 2.03. The quantitative estimate of drug-likeness (QED) is 0.283.